The zero-order valence-electron chi connectivity index (χ0n) is 9.26. The van der Waals surface area contributed by atoms with Crippen molar-refractivity contribution in [3.63, 3.8) is 0 Å². The normalized spacial score (nSPS) is 10.2. The fraction of sp³-hybridized carbons (Fsp3) is 0.167. The Morgan fingerprint density at radius 1 is 1.47 bits per heavy atom. The predicted octanol–water partition coefficient (Wildman–Crippen LogP) is 2.06. The van der Waals surface area contributed by atoms with Gasteiger partial charge in [-0.05, 0) is 24.3 Å². The summed E-state index contributed by atoms with van der Waals surface area (Å²) < 4.78 is 7.74. The molecule has 1 heterocycles. The van der Waals surface area contributed by atoms with Crippen LogP contribution in [0.4, 0.5) is 0 Å². The van der Waals surface area contributed by atoms with Gasteiger partial charge in [0.1, 0.15) is 5.75 Å². The molecule has 0 amide bonds. The van der Waals surface area contributed by atoms with Crippen molar-refractivity contribution in [3.8, 4) is 5.75 Å². The topological polar surface area (TPSA) is 44.1 Å². The Morgan fingerprint density at radius 2 is 2.29 bits per heavy atom. The van der Waals surface area contributed by atoms with Gasteiger partial charge in [-0.15, -0.1) is 0 Å². The lowest BCUT2D eigenvalue weighted by Gasteiger charge is -2.10. The van der Waals surface area contributed by atoms with E-state index in [4.69, 9.17) is 4.74 Å². The number of hydrogen-bond donors (Lipinski definition) is 0. The van der Waals surface area contributed by atoms with Crippen LogP contribution in [0.1, 0.15) is 5.56 Å². The van der Waals surface area contributed by atoms with Crippen LogP contribution in [0.15, 0.2) is 45.9 Å². The molecular weight excluding hydrogens is 284 g/mol. The number of rotatable bonds is 3. The summed E-state index contributed by atoms with van der Waals surface area (Å²) in [7, 11) is 1.61. The van der Waals surface area contributed by atoms with Crippen molar-refractivity contribution in [2.75, 3.05) is 7.11 Å². The molecule has 0 atom stereocenters. The Bertz CT molecular complexity index is 581. The molecule has 1 aromatic carbocycles. The summed E-state index contributed by atoms with van der Waals surface area (Å²) in [5.41, 5.74) is 0.659. The molecule has 1 aromatic heterocycles. The SMILES string of the molecule is COc1ccc(Br)cc1Cn1cccnc1=O. The summed E-state index contributed by atoms with van der Waals surface area (Å²) in [5.74, 6) is 0.754. The van der Waals surface area contributed by atoms with Crippen LogP contribution >= 0.6 is 15.9 Å². The van der Waals surface area contributed by atoms with Crippen LogP contribution in [-0.2, 0) is 6.54 Å². The summed E-state index contributed by atoms with van der Waals surface area (Å²) in [6.07, 6.45) is 3.19. The summed E-state index contributed by atoms with van der Waals surface area (Å²) in [6.45, 7) is 0.440. The van der Waals surface area contributed by atoms with E-state index < -0.39 is 0 Å². The van der Waals surface area contributed by atoms with Gasteiger partial charge in [-0.1, -0.05) is 15.9 Å². The van der Waals surface area contributed by atoms with Crippen LogP contribution in [-0.4, -0.2) is 16.7 Å². The highest BCUT2D eigenvalue weighted by Gasteiger charge is 2.05. The minimum atomic E-state index is -0.269. The number of aromatic nitrogens is 2. The minimum Gasteiger partial charge on any atom is -0.496 e. The third-order valence-electron chi connectivity index (χ3n) is 2.37. The lowest BCUT2D eigenvalue weighted by molar-refractivity contribution is 0.408. The van der Waals surface area contributed by atoms with Crippen LogP contribution in [0.25, 0.3) is 0 Å². The van der Waals surface area contributed by atoms with Crippen molar-refractivity contribution >= 4 is 15.9 Å². The number of ether oxygens (including phenoxy) is 1. The zero-order chi connectivity index (χ0) is 12.3. The van der Waals surface area contributed by atoms with E-state index in [-0.39, 0.29) is 5.69 Å². The van der Waals surface area contributed by atoms with Gasteiger partial charge in [0.25, 0.3) is 0 Å². The number of halogens is 1. The maximum atomic E-state index is 11.5. The monoisotopic (exact) mass is 294 g/mol. The van der Waals surface area contributed by atoms with E-state index in [9.17, 15) is 4.79 Å². The number of hydrogen-bond acceptors (Lipinski definition) is 3. The highest BCUT2D eigenvalue weighted by molar-refractivity contribution is 9.10. The molecule has 5 heteroatoms. The molecule has 0 radical (unpaired) electrons. The molecule has 88 valence electrons. The molecule has 0 spiro atoms. The molecule has 0 saturated heterocycles. The first-order chi connectivity index (χ1) is 8.20. The third-order valence-corrected chi connectivity index (χ3v) is 2.86. The Kier molecular flexibility index (Phi) is 3.58. The Morgan fingerprint density at radius 3 is 3.00 bits per heavy atom. The molecule has 0 fully saturated rings. The second-order valence-corrected chi connectivity index (χ2v) is 4.40. The van der Waals surface area contributed by atoms with Gasteiger partial charge in [-0.3, -0.25) is 4.57 Å². The van der Waals surface area contributed by atoms with Gasteiger partial charge >= 0.3 is 5.69 Å². The summed E-state index contributed by atoms with van der Waals surface area (Å²) in [5, 5.41) is 0. The second-order valence-electron chi connectivity index (χ2n) is 3.49. The van der Waals surface area contributed by atoms with Gasteiger partial charge in [0.05, 0.1) is 13.7 Å². The fourth-order valence-electron chi connectivity index (χ4n) is 1.56. The number of nitrogens with zero attached hydrogens (tertiary/aromatic N) is 2. The lowest BCUT2D eigenvalue weighted by Crippen LogP contribution is -2.22. The minimum absolute atomic E-state index is 0.269. The van der Waals surface area contributed by atoms with Crippen molar-refractivity contribution in [1.29, 1.82) is 0 Å². The fourth-order valence-corrected chi connectivity index (χ4v) is 1.97. The Labute approximate surface area is 107 Å². The molecule has 0 aliphatic heterocycles. The summed E-state index contributed by atoms with van der Waals surface area (Å²) in [4.78, 5) is 15.2. The van der Waals surface area contributed by atoms with Gasteiger partial charge < -0.3 is 4.74 Å². The maximum Gasteiger partial charge on any atom is 0.347 e. The maximum absolute atomic E-state index is 11.5. The largest absolute Gasteiger partial charge is 0.496 e. The summed E-state index contributed by atoms with van der Waals surface area (Å²) in [6, 6.07) is 7.42. The van der Waals surface area contributed by atoms with Crippen molar-refractivity contribution in [2.24, 2.45) is 0 Å². The molecule has 2 aromatic rings. The Hall–Kier alpha value is -1.62. The van der Waals surface area contributed by atoms with Gasteiger partial charge in [-0.25, -0.2) is 9.78 Å². The predicted molar refractivity (Wildman–Crippen MR) is 68.3 cm³/mol. The average molecular weight is 295 g/mol. The molecule has 0 bridgehead atoms. The van der Waals surface area contributed by atoms with Crippen molar-refractivity contribution in [2.45, 2.75) is 6.54 Å². The average Bonchev–Trinajstić information content (AvgIpc) is 2.32. The van der Waals surface area contributed by atoms with E-state index in [1.165, 1.54) is 10.8 Å². The highest BCUT2D eigenvalue weighted by atomic mass is 79.9. The van der Waals surface area contributed by atoms with Gasteiger partial charge in [0, 0.05) is 22.4 Å². The van der Waals surface area contributed by atoms with Crippen molar-refractivity contribution in [1.82, 2.24) is 9.55 Å². The van der Waals surface area contributed by atoms with Gasteiger partial charge in [-0.2, -0.15) is 0 Å². The van der Waals surface area contributed by atoms with E-state index in [1.54, 1.807) is 19.4 Å². The van der Waals surface area contributed by atoms with Crippen molar-refractivity contribution in [3.05, 3.63) is 57.2 Å². The molecule has 0 saturated carbocycles. The second kappa shape index (κ2) is 5.14. The quantitative estimate of drug-likeness (QED) is 0.870. The van der Waals surface area contributed by atoms with Gasteiger partial charge in [0.15, 0.2) is 0 Å². The van der Waals surface area contributed by atoms with Crippen molar-refractivity contribution < 1.29 is 4.74 Å². The molecular formula is C12H11BrN2O2. The number of benzene rings is 1. The Balaban J connectivity index is 2.39. The highest BCUT2D eigenvalue weighted by Crippen LogP contribution is 2.23. The van der Waals surface area contributed by atoms with Crippen LogP contribution in [0, 0.1) is 0 Å². The molecule has 4 nitrogen and oxygen atoms in total. The molecule has 17 heavy (non-hydrogen) atoms. The van der Waals surface area contributed by atoms with E-state index in [2.05, 4.69) is 20.9 Å². The molecule has 2 rings (SSSR count). The lowest BCUT2D eigenvalue weighted by atomic mass is 10.2. The first kappa shape index (κ1) is 11.9. The first-order valence-electron chi connectivity index (χ1n) is 5.04. The van der Waals surface area contributed by atoms with E-state index in [0.717, 1.165) is 15.8 Å². The molecule has 0 N–H and O–H groups in total. The van der Waals surface area contributed by atoms with E-state index in [1.807, 2.05) is 18.2 Å². The molecule has 0 aliphatic carbocycles. The molecule has 0 aliphatic rings. The zero-order valence-corrected chi connectivity index (χ0v) is 10.8. The summed E-state index contributed by atoms with van der Waals surface area (Å²) >= 11 is 3.40. The van der Waals surface area contributed by atoms with Gasteiger partial charge in [0.2, 0.25) is 0 Å². The van der Waals surface area contributed by atoms with Crippen LogP contribution in [0.2, 0.25) is 0 Å². The first-order valence-corrected chi connectivity index (χ1v) is 5.84. The smallest absolute Gasteiger partial charge is 0.347 e. The van der Waals surface area contributed by atoms with Crippen LogP contribution < -0.4 is 10.4 Å². The van der Waals surface area contributed by atoms with E-state index >= 15 is 0 Å². The van der Waals surface area contributed by atoms with E-state index in [0.29, 0.717) is 6.54 Å². The molecule has 0 unspecified atom stereocenters. The standard InChI is InChI=1S/C12H11BrN2O2/c1-17-11-4-3-10(13)7-9(11)8-15-6-2-5-14-12(15)16/h2-7H,8H2,1H3. The third kappa shape index (κ3) is 2.74. The van der Waals surface area contributed by atoms with Crippen LogP contribution in [0.5, 0.6) is 5.75 Å². The van der Waals surface area contributed by atoms with Crippen LogP contribution in [0.3, 0.4) is 0 Å². The number of methoxy groups -OCH3 is 1.